The first-order valence-corrected chi connectivity index (χ1v) is 8.11. The molecule has 0 spiro atoms. The lowest BCUT2D eigenvalue weighted by Gasteiger charge is -2.07. The minimum atomic E-state index is -0.463. The number of carbonyl (C=O) groups is 1. The van der Waals surface area contributed by atoms with Crippen LogP contribution in [0, 0.1) is 0 Å². The Morgan fingerprint density at radius 1 is 1.29 bits per heavy atom. The molecule has 3 aromatic rings. The topological polar surface area (TPSA) is 39.2 Å². The molecule has 106 valence electrons. The van der Waals surface area contributed by atoms with Gasteiger partial charge in [0.2, 0.25) is 0 Å². The zero-order valence-corrected chi connectivity index (χ0v) is 14.2. The third-order valence-corrected chi connectivity index (χ3v) is 5.34. The number of hydrogen-bond donors (Lipinski definition) is 0. The number of esters is 1. The molecule has 0 aliphatic heterocycles. The number of hydrogen-bond acceptors (Lipinski definition) is 4. The molecule has 0 fully saturated rings. The molecule has 0 atom stereocenters. The molecule has 0 bridgehead atoms. The molecule has 0 aliphatic carbocycles. The van der Waals surface area contributed by atoms with Crippen molar-refractivity contribution in [3.8, 4) is 5.75 Å². The zero-order chi connectivity index (χ0) is 15.0. The van der Waals surface area contributed by atoms with Crippen LogP contribution in [0.5, 0.6) is 5.75 Å². The fourth-order valence-corrected chi connectivity index (χ4v) is 3.43. The highest BCUT2D eigenvalue weighted by Crippen LogP contribution is 2.36. The summed E-state index contributed by atoms with van der Waals surface area (Å²) in [6.07, 6.45) is 3.38. The van der Waals surface area contributed by atoms with Crippen molar-refractivity contribution >= 4 is 66.5 Å². The number of pyridine rings is 1. The molecule has 0 N–H and O–H groups in total. The number of rotatable bonds is 2. The van der Waals surface area contributed by atoms with Crippen LogP contribution in [-0.4, -0.2) is 11.0 Å². The number of aromatic nitrogens is 1. The number of nitrogens with zero attached hydrogens (tertiary/aromatic N) is 1. The van der Waals surface area contributed by atoms with Gasteiger partial charge in [0.05, 0.1) is 9.50 Å². The van der Waals surface area contributed by atoms with Gasteiger partial charge in [-0.3, -0.25) is 4.98 Å². The van der Waals surface area contributed by atoms with E-state index in [9.17, 15) is 4.79 Å². The van der Waals surface area contributed by atoms with Crippen molar-refractivity contribution in [1.29, 1.82) is 0 Å². The lowest BCUT2D eigenvalue weighted by atomic mass is 10.3. The summed E-state index contributed by atoms with van der Waals surface area (Å²) >= 11 is 16.5. The van der Waals surface area contributed by atoms with Crippen molar-refractivity contribution in [2.24, 2.45) is 0 Å². The smallest absolute Gasteiger partial charge is 0.353 e. The molecule has 21 heavy (non-hydrogen) atoms. The van der Waals surface area contributed by atoms with Crippen LogP contribution >= 0.6 is 50.5 Å². The number of benzene rings is 1. The van der Waals surface area contributed by atoms with Crippen LogP contribution in [0.2, 0.25) is 10.0 Å². The number of ether oxygens (including phenoxy) is 1. The van der Waals surface area contributed by atoms with E-state index in [2.05, 4.69) is 20.9 Å². The second-order valence-corrected chi connectivity index (χ2v) is 6.83. The van der Waals surface area contributed by atoms with E-state index in [-0.39, 0.29) is 5.75 Å². The first-order valence-electron chi connectivity index (χ1n) is 5.75. The monoisotopic (exact) mass is 401 g/mol. The lowest BCUT2D eigenvalue weighted by molar-refractivity contribution is 0.0739. The minimum Gasteiger partial charge on any atom is -0.421 e. The Bertz CT molecular complexity index is 817. The van der Waals surface area contributed by atoms with Gasteiger partial charge >= 0.3 is 5.97 Å². The number of carbonyl (C=O) groups excluding carboxylic acids is 1. The van der Waals surface area contributed by atoms with Crippen molar-refractivity contribution in [1.82, 2.24) is 4.98 Å². The van der Waals surface area contributed by atoms with E-state index in [0.29, 0.717) is 19.4 Å². The highest BCUT2D eigenvalue weighted by Gasteiger charge is 2.16. The molecule has 0 aliphatic rings. The summed E-state index contributed by atoms with van der Waals surface area (Å²) in [5.41, 5.74) is 0. The normalized spacial score (nSPS) is 10.8. The maximum absolute atomic E-state index is 12.2. The van der Waals surface area contributed by atoms with Gasteiger partial charge in [0.25, 0.3) is 0 Å². The Hall–Kier alpha value is -1.14. The average molecular weight is 403 g/mol. The predicted octanol–water partition coefficient (Wildman–Crippen LogP) is 5.58. The van der Waals surface area contributed by atoms with E-state index in [1.165, 1.54) is 17.4 Å². The van der Waals surface area contributed by atoms with Crippen molar-refractivity contribution in [2.75, 3.05) is 0 Å². The molecule has 3 nitrogen and oxygen atoms in total. The Balaban J connectivity index is 1.93. The van der Waals surface area contributed by atoms with Crippen LogP contribution in [0.15, 0.2) is 41.1 Å². The van der Waals surface area contributed by atoms with Crippen LogP contribution in [0.1, 0.15) is 9.67 Å². The molecular formula is C14H6BrCl2NO2S. The summed E-state index contributed by atoms with van der Waals surface area (Å²) in [4.78, 5) is 16.7. The van der Waals surface area contributed by atoms with Gasteiger partial charge in [0, 0.05) is 33.6 Å². The maximum Gasteiger partial charge on any atom is 0.353 e. The highest BCUT2D eigenvalue weighted by atomic mass is 79.9. The lowest BCUT2D eigenvalue weighted by Crippen LogP contribution is -2.06. The highest BCUT2D eigenvalue weighted by molar-refractivity contribution is 9.10. The molecule has 3 rings (SSSR count). The summed E-state index contributed by atoms with van der Waals surface area (Å²) in [7, 11) is 0. The van der Waals surface area contributed by atoms with Gasteiger partial charge in [0.15, 0.2) is 0 Å². The van der Waals surface area contributed by atoms with Gasteiger partial charge in [0.1, 0.15) is 10.6 Å². The minimum absolute atomic E-state index is 0.285. The fourth-order valence-electron chi connectivity index (χ4n) is 1.74. The predicted molar refractivity (Wildman–Crippen MR) is 88.7 cm³/mol. The number of thiophene rings is 1. The van der Waals surface area contributed by atoms with E-state index >= 15 is 0 Å². The molecular weight excluding hydrogens is 397 g/mol. The first kappa shape index (κ1) is 14.8. The van der Waals surface area contributed by atoms with Crippen molar-refractivity contribution < 1.29 is 9.53 Å². The summed E-state index contributed by atoms with van der Waals surface area (Å²) in [5.74, 6) is -0.177. The molecule has 7 heteroatoms. The standard InChI is InChI=1S/C14H6BrCl2NO2S/c15-13-9(17)4-8(16)5-10(13)20-14(19)12-3-7-6-18-2-1-11(7)21-12/h1-6H. The Morgan fingerprint density at radius 3 is 2.86 bits per heavy atom. The Labute approximate surface area is 142 Å². The Kier molecular flexibility index (Phi) is 4.17. The van der Waals surface area contributed by atoms with E-state index in [1.807, 2.05) is 6.07 Å². The van der Waals surface area contributed by atoms with Crippen LogP contribution < -0.4 is 4.74 Å². The van der Waals surface area contributed by atoms with E-state index in [4.69, 9.17) is 27.9 Å². The second-order valence-electron chi connectivity index (χ2n) is 4.11. The third kappa shape index (κ3) is 3.06. The summed E-state index contributed by atoms with van der Waals surface area (Å²) in [6.45, 7) is 0. The molecule has 0 saturated carbocycles. The molecule has 0 radical (unpaired) electrons. The molecule has 2 aromatic heterocycles. The van der Waals surface area contributed by atoms with E-state index < -0.39 is 5.97 Å². The van der Waals surface area contributed by atoms with Crippen LogP contribution in [0.3, 0.4) is 0 Å². The maximum atomic E-state index is 12.2. The second kappa shape index (κ2) is 5.93. The third-order valence-electron chi connectivity index (χ3n) is 2.68. The van der Waals surface area contributed by atoms with Crippen LogP contribution in [-0.2, 0) is 0 Å². The van der Waals surface area contributed by atoms with Gasteiger partial charge in [-0.05, 0) is 34.1 Å². The first-order chi connectivity index (χ1) is 10.0. The number of fused-ring (bicyclic) bond motifs is 1. The van der Waals surface area contributed by atoms with Gasteiger partial charge in [-0.2, -0.15) is 0 Å². The summed E-state index contributed by atoms with van der Waals surface area (Å²) in [5, 5.41) is 1.68. The van der Waals surface area contributed by atoms with Gasteiger partial charge in [-0.25, -0.2) is 4.79 Å². The van der Waals surface area contributed by atoms with Crippen LogP contribution in [0.4, 0.5) is 0 Å². The quantitative estimate of drug-likeness (QED) is 0.319. The Morgan fingerprint density at radius 2 is 2.10 bits per heavy atom. The summed E-state index contributed by atoms with van der Waals surface area (Å²) < 4.78 is 6.82. The van der Waals surface area contributed by atoms with Gasteiger partial charge in [-0.1, -0.05) is 23.2 Å². The molecule has 0 amide bonds. The molecule has 0 saturated heterocycles. The van der Waals surface area contributed by atoms with Gasteiger partial charge < -0.3 is 4.74 Å². The molecule has 0 unspecified atom stereocenters. The number of halogens is 3. The fraction of sp³-hybridized carbons (Fsp3) is 0. The van der Waals surface area contributed by atoms with Crippen molar-refractivity contribution in [2.45, 2.75) is 0 Å². The molecule has 2 heterocycles. The van der Waals surface area contributed by atoms with E-state index in [0.717, 1.165) is 10.1 Å². The SMILES string of the molecule is O=C(Oc1cc(Cl)cc(Cl)c1Br)c1cc2cnccc2s1. The van der Waals surface area contributed by atoms with Gasteiger partial charge in [-0.15, -0.1) is 11.3 Å². The van der Waals surface area contributed by atoms with Crippen LogP contribution in [0.25, 0.3) is 10.1 Å². The average Bonchev–Trinajstić information content (AvgIpc) is 2.88. The van der Waals surface area contributed by atoms with Crippen molar-refractivity contribution in [3.63, 3.8) is 0 Å². The van der Waals surface area contributed by atoms with Crippen molar-refractivity contribution in [3.05, 3.63) is 56.1 Å². The largest absolute Gasteiger partial charge is 0.421 e. The zero-order valence-electron chi connectivity index (χ0n) is 10.3. The molecule has 1 aromatic carbocycles. The summed E-state index contributed by atoms with van der Waals surface area (Å²) in [6, 6.07) is 6.69. The van der Waals surface area contributed by atoms with E-state index in [1.54, 1.807) is 24.5 Å².